The average Bonchev–Trinajstić information content (AvgIpc) is 3.98. The number of carbonyl (C=O) groups is 3. The zero-order valence-electron chi connectivity index (χ0n) is 30.8. The van der Waals surface area contributed by atoms with Crippen LogP contribution in [-0.2, 0) is 28.6 Å². The Balaban J connectivity index is -0.000000631. The summed E-state index contributed by atoms with van der Waals surface area (Å²) in [5.41, 5.74) is 10.0. The van der Waals surface area contributed by atoms with Crippen molar-refractivity contribution in [2.24, 2.45) is 0 Å². The molecule has 0 saturated carbocycles. The number of hydrogen-bond donors (Lipinski definition) is 1. The number of carbonyl (C=O) groups excluding carboxylic acids is 2. The van der Waals surface area contributed by atoms with Crippen LogP contribution in [0.2, 0.25) is 0 Å². The summed E-state index contributed by atoms with van der Waals surface area (Å²) in [5, 5.41) is 18.5. The zero-order valence-corrected chi connectivity index (χ0v) is 37.8. The van der Waals surface area contributed by atoms with E-state index in [1.807, 2.05) is 82.3 Å². The minimum Gasteiger partial charge on any atom is -0.870 e. The predicted octanol–water partition coefficient (Wildman–Crippen LogP) is 0.818. The van der Waals surface area contributed by atoms with E-state index in [1.54, 1.807) is 12.2 Å². The molecule has 2 unspecified atom stereocenters. The van der Waals surface area contributed by atoms with Crippen LogP contribution in [0.25, 0.3) is 18.2 Å². The number of ether oxygens (including phenoxy) is 3. The number of epoxide rings is 2. The molecular weight excluding hydrogens is 738 g/mol. The van der Waals surface area contributed by atoms with Gasteiger partial charge in [0.05, 0.1) is 31.2 Å². The molecule has 5 rings (SSSR count). The maximum absolute atomic E-state index is 11.3. The monoisotopic (exact) mass is 786 g/mol. The third kappa shape index (κ3) is 25.7. The average molecular weight is 787 g/mol. The molecule has 52 heavy (non-hydrogen) atoms. The molecule has 3 aromatic rings. The van der Waals surface area contributed by atoms with Gasteiger partial charge in [0.1, 0.15) is 12.7 Å². The Morgan fingerprint density at radius 2 is 1.08 bits per heavy atom. The van der Waals surface area contributed by atoms with Crippen LogP contribution in [-0.4, -0.2) is 66.4 Å². The van der Waals surface area contributed by atoms with Crippen LogP contribution < -0.4 is 108 Å². The molecule has 272 valence electrons. The number of rotatable bonds is 9. The molecule has 2 atom stereocenters. The van der Waals surface area contributed by atoms with Gasteiger partial charge in [-0.3, -0.25) is 0 Å². The van der Waals surface area contributed by atoms with E-state index in [9.17, 15) is 19.5 Å². The van der Waals surface area contributed by atoms with Gasteiger partial charge in [-0.05, 0) is 110 Å². The Morgan fingerprint density at radius 3 is 1.37 bits per heavy atom. The second kappa shape index (κ2) is 30.0. The smallest absolute Gasteiger partial charge is 0.870 e. The van der Waals surface area contributed by atoms with Crippen LogP contribution in [0.1, 0.15) is 57.5 Å². The van der Waals surface area contributed by atoms with Gasteiger partial charge in [0.25, 0.3) is 0 Å². The van der Waals surface area contributed by atoms with Crippen molar-refractivity contribution in [3.05, 3.63) is 123 Å². The van der Waals surface area contributed by atoms with Crippen molar-refractivity contribution in [3.8, 4) is 0 Å². The number of hydrogen-bond acceptors (Lipinski definition) is 8. The SMILES string of the molecule is C.Cc1ccc(/C=C/C(=O)O)cc1C.Cc1ccc(/C=C/C(=O)OCC2CO2)cc1C.Cc1ccc(/C=C/C(=O)[O-])cc1C.ClCC1CO1.[K+].[K+].[OH-]. The number of aliphatic carboxylic acids is 2. The van der Waals surface area contributed by atoms with Crippen LogP contribution in [0.15, 0.2) is 72.8 Å². The molecule has 0 radical (unpaired) electrons. The molecule has 2 fully saturated rings. The molecule has 0 spiro atoms. The number of benzene rings is 3. The van der Waals surface area contributed by atoms with Crippen LogP contribution >= 0.6 is 11.6 Å². The second-order valence-electron chi connectivity index (χ2n) is 11.4. The van der Waals surface area contributed by atoms with Gasteiger partial charge in [0.15, 0.2) is 0 Å². The van der Waals surface area contributed by atoms with E-state index >= 15 is 0 Å². The summed E-state index contributed by atoms with van der Waals surface area (Å²) in [4.78, 5) is 31.7. The van der Waals surface area contributed by atoms with Crippen molar-refractivity contribution >= 4 is 47.7 Å². The van der Waals surface area contributed by atoms with E-state index in [0.717, 1.165) is 41.0 Å². The topological polar surface area (TPSA) is 159 Å². The van der Waals surface area contributed by atoms with Crippen molar-refractivity contribution in [3.63, 3.8) is 0 Å². The number of alkyl halides is 1. The summed E-state index contributed by atoms with van der Waals surface area (Å²) < 4.78 is 14.7. The van der Waals surface area contributed by atoms with E-state index < -0.39 is 11.9 Å². The molecule has 0 aliphatic carbocycles. The van der Waals surface area contributed by atoms with Crippen molar-refractivity contribution < 1.29 is 147 Å². The first kappa shape index (κ1) is 55.1. The summed E-state index contributed by atoms with van der Waals surface area (Å²) in [6.45, 7) is 14.1. The number of carboxylic acid groups (broad SMARTS) is 2. The first-order valence-electron chi connectivity index (χ1n) is 15.4. The molecule has 2 aliphatic rings. The standard InChI is InChI=1S/C14H16O3.2C11H12O2.C3H5ClO.CH4.2K.H2O/c1-10-3-4-12(7-11(10)2)5-6-14(15)17-9-13-8-16-13;2*1-8-3-4-10(7-9(8)2)5-6-11(12)13;4-1-3-2-5-3;;;;/h3-7,13H,8-9H2,1-2H3;2*3-7H,1-2H3,(H,12,13);3H,1-2H2;1H4;;;1H2/q;;;;;2*+1;/p-2/b3*6-5+;;;;;. The molecule has 3 aromatic carbocycles. The third-order valence-corrected chi connectivity index (χ3v) is 7.57. The molecule has 0 bridgehead atoms. The van der Waals surface area contributed by atoms with Crippen molar-refractivity contribution in [2.75, 3.05) is 25.7 Å². The van der Waals surface area contributed by atoms with E-state index in [0.29, 0.717) is 25.2 Å². The van der Waals surface area contributed by atoms with Gasteiger partial charge in [0, 0.05) is 12.2 Å². The minimum absolute atomic E-state index is 0. The van der Waals surface area contributed by atoms with Gasteiger partial charge in [-0.1, -0.05) is 68.1 Å². The molecule has 12 heteroatoms. The molecule has 2 N–H and O–H groups in total. The van der Waals surface area contributed by atoms with Crippen LogP contribution in [0.4, 0.5) is 0 Å². The summed E-state index contributed by atoms with van der Waals surface area (Å²) >= 11 is 5.27. The fourth-order valence-corrected chi connectivity index (χ4v) is 3.82. The van der Waals surface area contributed by atoms with Crippen molar-refractivity contribution in [1.29, 1.82) is 0 Å². The largest absolute Gasteiger partial charge is 1.00 e. The molecule has 2 heterocycles. The fraction of sp³-hybridized carbons (Fsp3) is 0.325. The molecule has 2 saturated heterocycles. The van der Waals surface area contributed by atoms with E-state index in [4.69, 9.17) is 30.9 Å². The number of esters is 1. The van der Waals surface area contributed by atoms with Crippen molar-refractivity contribution in [1.82, 2.24) is 0 Å². The van der Waals surface area contributed by atoms with Gasteiger partial charge < -0.3 is 34.7 Å². The summed E-state index contributed by atoms with van der Waals surface area (Å²) in [7, 11) is 0. The normalized spacial score (nSPS) is 14.6. The van der Waals surface area contributed by atoms with E-state index in [2.05, 4.69) is 13.8 Å². The first-order chi connectivity index (χ1) is 22.8. The van der Waals surface area contributed by atoms with E-state index in [-0.39, 0.29) is 128 Å². The number of halogens is 1. The van der Waals surface area contributed by atoms with Crippen molar-refractivity contribution in [2.45, 2.75) is 61.2 Å². The van der Waals surface area contributed by atoms with E-state index in [1.165, 1.54) is 40.0 Å². The van der Waals surface area contributed by atoms with Crippen LogP contribution in [0.3, 0.4) is 0 Å². The third-order valence-electron chi connectivity index (χ3n) is 7.22. The number of carboxylic acids is 2. The first-order valence-corrected chi connectivity index (χ1v) is 16.0. The second-order valence-corrected chi connectivity index (χ2v) is 11.7. The van der Waals surface area contributed by atoms with Gasteiger partial charge in [0.2, 0.25) is 0 Å². The Hall–Kier alpha value is -1.27. The molecule has 2 aliphatic heterocycles. The quantitative estimate of drug-likeness (QED) is 0.109. The molecule has 9 nitrogen and oxygen atoms in total. The fourth-order valence-electron chi connectivity index (χ4n) is 3.65. The van der Waals surface area contributed by atoms with Crippen LogP contribution in [0, 0.1) is 41.5 Å². The predicted molar refractivity (Wildman–Crippen MR) is 197 cm³/mol. The van der Waals surface area contributed by atoms with Gasteiger partial charge in [-0.25, -0.2) is 9.59 Å². The van der Waals surface area contributed by atoms with Gasteiger partial charge in [-0.2, -0.15) is 0 Å². The maximum atomic E-state index is 11.3. The zero-order chi connectivity index (χ0) is 35.6. The molecule has 0 aromatic heterocycles. The van der Waals surface area contributed by atoms with Gasteiger partial charge >= 0.3 is 115 Å². The summed E-state index contributed by atoms with van der Waals surface area (Å²) in [5.74, 6) is -1.74. The van der Waals surface area contributed by atoms with Crippen LogP contribution in [0.5, 0.6) is 0 Å². The Kier molecular flexibility index (Phi) is 31.8. The molecule has 0 amide bonds. The maximum Gasteiger partial charge on any atom is 1.00 e. The Morgan fingerprint density at radius 1 is 0.712 bits per heavy atom. The molecular formula is C40H49ClK2O9. The minimum atomic E-state index is -1.17. The van der Waals surface area contributed by atoms with Gasteiger partial charge in [-0.15, -0.1) is 11.6 Å². The Bertz CT molecular complexity index is 1560. The summed E-state index contributed by atoms with van der Waals surface area (Å²) in [6, 6.07) is 17.7. The number of aryl methyl sites for hydroxylation is 6. The Labute approximate surface area is 399 Å². The summed E-state index contributed by atoms with van der Waals surface area (Å²) in [6.07, 6.45) is 9.03.